The summed E-state index contributed by atoms with van der Waals surface area (Å²) in [7, 11) is 0. The highest BCUT2D eigenvalue weighted by molar-refractivity contribution is 6.18. The Morgan fingerprint density at radius 1 is 1.45 bits per heavy atom. The molecule has 114 valence electrons. The average Bonchev–Trinajstić information content (AvgIpc) is 3.18. The number of hydrogen-bond donors (Lipinski definition) is 2. The van der Waals surface area contributed by atoms with E-state index in [0.717, 1.165) is 10.9 Å². The van der Waals surface area contributed by atoms with Crippen molar-refractivity contribution in [2.75, 3.05) is 24.2 Å². The molecule has 6 heteroatoms. The molecule has 1 unspecified atom stereocenters. The van der Waals surface area contributed by atoms with Gasteiger partial charge in [0, 0.05) is 18.4 Å². The van der Waals surface area contributed by atoms with Gasteiger partial charge in [-0.05, 0) is 13.0 Å². The van der Waals surface area contributed by atoms with Gasteiger partial charge in [-0.15, -0.1) is 0 Å². The maximum absolute atomic E-state index is 12.0. The molecule has 3 N–H and O–H groups in total. The predicted molar refractivity (Wildman–Crippen MR) is 83.3 cm³/mol. The van der Waals surface area contributed by atoms with Crippen LogP contribution in [0.5, 0.6) is 0 Å². The van der Waals surface area contributed by atoms with E-state index in [1.54, 1.807) is 13.1 Å². The molecule has 1 aliphatic rings. The number of Topliss-reactive ketones (excluding diaryl/α,β-unsaturated/α-hetero) is 1. The number of rotatable bonds is 5. The number of nitrogens with zero attached hydrogens (tertiary/aromatic N) is 1. The van der Waals surface area contributed by atoms with Crippen molar-refractivity contribution in [2.24, 2.45) is 5.41 Å². The number of fused-ring (bicyclic) bond motifs is 1. The third kappa shape index (κ3) is 2.26. The Bertz CT molecular complexity index is 759. The number of nitrogens with one attached hydrogen (secondary N) is 1. The highest BCUT2D eigenvalue weighted by atomic mass is 16.5. The van der Waals surface area contributed by atoms with Crippen molar-refractivity contribution in [1.82, 2.24) is 4.98 Å². The molecule has 0 spiro atoms. The lowest BCUT2D eigenvalue weighted by atomic mass is 10.1. The van der Waals surface area contributed by atoms with E-state index >= 15 is 0 Å². The van der Waals surface area contributed by atoms with Crippen molar-refractivity contribution in [2.45, 2.75) is 13.3 Å². The second kappa shape index (κ2) is 5.29. The molecule has 2 aromatic rings. The smallest absolute Gasteiger partial charge is 0.321 e. The molecular weight excluding hydrogens is 282 g/mol. The Morgan fingerprint density at radius 3 is 2.86 bits per heavy atom. The largest absolute Gasteiger partial charge is 0.465 e. The van der Waals surface area contributed by atoms with Crippen molar-refractivity contribution in [3.05, 3.63) is 30.5 Å². The van der Waals surface area contributed by atoms with Crippen LogP contribution in [0.4, 0.5) is 11.4 Å². The van der Waals surface area contributed by atoms with E-state index in [0.29, 0.717) is 11.4 Å². The van der Waals surface area contributed by atoms with Gasteiger partial charge in [0.1, 0.15) is 0 Å². The van der Waals surface area contributed by atoms with E-state index in [-0.39, 0.29) is 25.4 Å². The van der Waals surface area contributed by atoms with Gasteiger partial charge in [0.2, 0.25) is 0 Å². The molecule has 3 rings (SSSR count). The van der Waals surface area contributed by atoms with Crippen LogP contribution in [-0.2, 0) is 14.3 Å². The number of ether oxygens (including phenoxy) is 1. The van der Waals surface area contributed by atoms with Gasteiger partial charge in [0.15, 0.2) is 11.2 Å². The third-order valence-electron chi connectivity index (χ3n) is 3.91. The number of para-hydroxylation sites is 1. The van der Waals surface area contributed by atoms with E-state index < -0.39 is 11.4 Å². The van der Waals surface area contributed by atoms with Crippen LogP contribution in [0.2, 0.25) is 0 Å². The van der Waals surface area contributed by atoms with Gasteiger partial charge in [-0.25, -0.2) is 0 Å². The van der Waals surface area contributed by atoms with Crippen LogP contribution in [0.15, 0.2) is 30.5 Å². The first-order valence-electron chi connectivity index (χ1n) is 7.16. The average molecular weight is 299 g/mol. The summed E-state index contributed by atoms with van der Waals surface area (Å²) < 4.78 is 5.00. The lowest BCUT2D eigenvalue weighted by molar-refractivity contribution is -0.150. The summed E-state index contributed by atoms with van der Waals surface area (Å²) in [5.41, 5.74) is 6.88. The number of benzene rings is 1. The van der Waals surface area contributed by atoms with E-state index in [2.05, 4.69) is 10.3 Å². The van der Waals surface area contributed by atoms with Crippen molar-refractivity contribution in [1.29, 1.82) is 0 Å². The number of esters is 1. The Morgan fingerprint density at radius 2 is 2.18 bits per heavy atom. The zero-order chi connectivity index (χ0) is 15.7. The molecule has 0 bridgehead atoms. The van der Waals surface area contributed by atoms with Crippen molar-refractivity contribution in [3.8, 4) is 0 Å². The fraction of sp³-hybridized carbons (Fsp3) is 0.312. The predicted octanol–water partition coefficient (Wildman–Crippen LogP) is 1.75. The molecule has 0 aliphatic heterocycles. The van der Waals surface area contributed by atoms with Gasteiger partial charge in [0.25, 0.3) is 0 Å². The summed E-state index contributed by atoms with van der Waals surface area (Å²) in [6.45, 7) is 2.16. The number of pyridine rings is 1. The van der Waals surface area contributed by atoms with Crippen LogP contribution in [0.3, 0.4) is 0 Å². The molecule has 1 heterocycles. The van der Waals surface area contributed by atoms with Gasteiger partial charge in [-0.2, -0.15) is 0 Å². The lowest BCUT2D eigenvalue weighted by Crippen LogP contribution is -2.29. The first kappa shape index (κ1) is 14.3. The zero-order valence-corrected chi connectivity index (χ0v) is 12.3. The van der Waals surface area contributed by atoms with Gasteiger partial charge in [0.05, 0.1) is 29.7 Å². The van der Waals surface area contributed by atoms with E-state index in [9.17, 15) is 9.59 Å². The van der Waals surface area contributed by atoms with Crippen molar-refractivity contribution >= 4 is 34.0 Å². The number of aromatic nitrogens is 1. The Kier molecular flexibility index (Phi) is 3.44. The van der Waals surface area contributed by atoms with Crippen molar-refractivity contribution < 1.29 is 14.3 Å². The quantitative estimate of drug-likeness (QED) is 0.645. The molecule has 22 heavy (non-hydrogen) atoms. The first-order valence-corrected chi connectivity index (χ1v) is 7.16. The summed E-state index contributed by atoms with van der Waals surface area (Å²) in [5, 5.41) is 4.00. The molecule has 1 saturated carbocycles. The molecule has 0 saturated heterocycles. The Hall–Kier alpha value is -2.63. The maximum Gasteiger partial charge on any atom is 0.321 e. The van der Waals surface area contributed by atoms with E-state index in [1.165, 1.54) is 0 Å². The summed E-state index contributed by atoms with van der Waals surface area (Å²) in [5.74, 6) is -0.570. The molecule has 1 aliphatic carbocycles. The van der Waals surface area contributed by atoms with Crippen LogP contribution in [-0.4, -0.2) is 29.9 Å². The van der Waals surface area contributed by atoms with Gasteiger partial charge < -0.3 is 15.8 Å². The van der Waals surface area contributed by atoms with Crippen LogP contribution < -0.4 is 11.1 Å². The van der Waals surface area contributed by atoms with E-state index in [4.69, 9.17) is 10.5 Å². The molecular formula is C16H17N3O3. The number of nitrogen functional groups attached to an aromatic ring is 1. The van der Waals surface area contributed by atoms with Crippen LogP contribution >= 0.6 is 0 Å². The summed E-state index contributed by atoms with van der Waals surface area (Å²) in [6.07, 6.45) is 1.78. The van der Waals surface area contributed by atoms with Gasteiger partial charge in [-0.3, -0.25) is 14.6 Å². The summed E-state index contributed by atoms with van der Waals surface area (Å²) >= 11 is 0. The second-order valence-corrected chi connectivity index (χ2v) is 5.36. The van der Waals surface area contributed by atoms with Crippen LogP contribution in [0.25, 0.3) is 10.9 Å². The third-order valence-corrected chi connectivity index (χ3v) is 3.91. The monoisotopic (exact) mass is 299 g/mol. The van der Waals surface area contributed by atoms with Crippen molar-refractivity contribution in [3.63, 3.8) is 0 Å². The zero-order valence-electron chi connectivity index (χ0n) is 12.3. The number of anilines is 2. The molecule has 0 amide bonds. The maximum atomic E-state index is 12.0. The summed E-state index contributed by atoms with van der Waals surface area (Å²) in [4.78, 5) is 27.9. The van der Waals surface area contributed by atoms with Gasteiger partial charge >= 0.3 is 5.97 Å². The molecule has 6 nitrogen and oxygen atoms in total. The normalized spacial score (nSPS) is 20.0. The topological polar surface area (TPSA) is 94.3 Å². The Labute approximate surface area is 127 Å². The number of ketones is 1. The summed E-state index contributed by atoms with van der Waals surface area (Å²) in [6, 6.07) is 7.55. The number of nitrogens with two attached hydrogens (primary N) is 1. The fourth-order valence-electron chi connectivity index (χ4n) is 2.51. The standard InChI is InChI=1S/C16H17N3O3/c1-2-22-15(21)16(7-13(16)20)9-19-14-10-5-3-4-6-12(10)18-8-11(14)17/h3-6,8H,2,7,9,17H2,1H3,(H,18,19). The second-order valence-electron chi connectivity index (χ2n) is 5.36. The minimum absolute atomic E-state index is 0.101. The first-order chi connectivity index (χ1) is 10.6. The Balaban J connectivity index is 1.87. The highest BCUT2D eigenvalue weighted by Gasteiger charge is 2.61. The van der Waals surface area contributed by atoms with Gasteiger partial charge in [-0.1, -0.05) is 18.2 Å². The molecule has 1 aromatic heterocycles. The minimum Gasteiger partial charge on any atom is -0.465 e. The molecule has 0 radical (unpaired) electrons. The number of carbonyl (C=O) groups excluding carboxylic acids is 2. The van der Waals surface area contributed by atoms with Crippen LogP contribution in [0.1, 0.15) is 13.3 Å². The van der Waals surface area contributed by atoms with Crippen LogP contribution in [0, 0.1) is 5.41 Å². The lowest BCUT2D eigenvalue weighted by Gasteiger charge is -2.16. The molecule has 1 fully saturated rings. The van der Waals surface area contributed by atoms with E-state index in [1.807, 2.05) is 24.3 Å². The SMILES string of the molecule is CCOC(=O)C1(CNc2c(N)cnc3ccccc23)CC1=O. The molecule has 1 atom stereocenters. The number of hydrogen-bond acceptors (Lipinski definition) is 6. The fourth-order valence-corrected chi connectivity index (χ4v) is 2.51. The molecule has 1 aromatic carbocycles. The minimum atomic E-state index is -1.06. The highest BCUT2D eigenvalue weighted by Crippen LogP contribution is 2.43. The number of carbonyl (C=O) groups is 2.